The Morgan fingerprint density at radius 2 is 2.17 bits per heavy atom. The van der Waals surface area contributed by atoms with Crippen LogP contribution in [0, 0.1) is 11.8 Å². The van der Waals surface area contributed by atoms with E-state index < -0.39 is 0 Å². The van der Waals surface area contributed by atoms with Crippen molar-refractivity contribution in [1.29, 1.82) is 0 Å². The number of amides is 1. The molecule has 5 heteroatoms. The van der Waals surface area contributed by atoms with E-state index in [1.807, 2.05) is 24.3 Å². The van der Waals surface area contributed by atoms with Gasteiger partial charge in [0.2, 0.25) is 5.91 Å². The molecular formula is C18H26N4O. The summed E-state index contributed by atoms with van der Waals surface area (Å²) in [5.41, 5.74) is 7.88. The third-order valence-corrected chi connectivity index (χ3v) is 4.61. The predicted octanol–water partition coefficient (Wildman–Crippen LogP) is 2.89. The fourth-order valence-corrected chi connectivity index (χ4v) is 3.39. The Hall–Kier alpha value is -1.88. The number of carbonyl (C=O) groups is 1. The van der Waals surface area contributed by atoms with Gasteiger partial charge in [-0.15, -0.1) is 0 Å². The Balaban J connectivity index is 1.78. The van der Waals surface area contributed by atoms with E-state index in [0.29, 0.717) is 5.92 Å². The molecule has 1 heterocycles. The van der Waals surface area contributed by atoms with Gasteiger partial charge in [0.15, 0.2) is 0 Å². The molecule has 3 atom stereocenters. The van der Waals surface area contributed by atoms with E-state index >= 15 is 0 Å². The Morgan fingerprint density at radius 3 is 2.83 bits per heavy atom. The van der Waals surface area contributed by atoms with Crippen molar-refractivity contribution in [2.45, 2.75) is 51.6 Å². The molecule has 23 heavy (non-hydrogen) atoms. The van der Waals surface area contributed by atoms with Gasteiger partial charge in [0, 0.05) is 12.0 Å². The van der Waals surface area contributed by atoms with Crippen LogP contribution >= 0.6 is 0 Å². The number of hydrogen-bond donors (Lipinski definition) is 3. The lowest BCUT2D eigenvalue weighted by Gasteiger charge is -2.21. The van der Waals surface area contributed by atoms with Crippen LogP contribution in [-0.2, 0) is 4.79 Å². The molecule has 0 bridgehead atoms. The third kappa shape index (κ3) is 3.72. The molecule has 1 aromatic heterocycles. The number of nitrogens with one attached hydrogen (secondary N) is 2. The van der Waals surface area contributed by atoms with Gasteiger partial charge < -0.3 is 16.0 Å². The number of aromatic amines is 1. The fraction of sp³-hybridized carbons (Fsp3) is 0.556. The molecule has 1 aliphatic carbocycles. The number of rotatable bonds is 5. The molecule has 4 N–H and O–H groups in total. The predicted molar refractivity (Wildman–Crippen MR) is 91.7 cm³/mol. The molecule has 1 aromatic carbocycles. The van der Waals surface area contributed by atoms with Gasteiger partial charge in [0.05, 0.1) is 17.1 Å². The number of para-hydroxylation sites is 2. The van der Waals surface area contributed by atoms with Gasteiger partial charge in [-0.05, 0) is 43.7 Å². The first-order valence-electron chi connectivity index (χ1n) is 8.53. The minimum atomic E-state index is -0.0771. The van der Waals surface area contributed by atoms with Crippen LogP contribution in [-0.4, -0.2) is 21.9 Å². The molecule has 3 unspecified atom stereocenters. The van der Waals surface area contributed by atoms with Crippen molar-refractivity contribution in [3.8, 4) is 0 Å². The van der Waals surface area contributed by atoms with Gasteiger partial charge in [-0.25, -0.2) is 4.98 Å². The number of hydrogen-bond acceptors (Lipinski definition) is 3. The van der Waals surface area contributed by atoms with Crippen molar-refractivity contribution in [3.05, 3.63) is 30.1 Å². The molecule has 1 saturated carbocycles. The number of nitrogens with zero attached hydrogens (tertiary/aromatic N) is 1. The maximum absolute atomic E-state index is 12.6. The van der Waals surface area contributed by atoms with Crippen LogP contribution in [0.5, 0.6) is 0 Å². The first kappa shape index (κ1) is 16.0. The Labute approximate surface area is 137 Å². The van der Waals surface area contributed by atoms with E-state index in [9.17, 15) is 4.79 Å². The van der Waals surface area contributed by atoms with Gasteiger partial charge >= 0.3 is 0 Å². The zero-order valence-corrected chi connectivity index (χ0v) is 13.9. The summed E-state index contributed by atoms with van der Waals surface area (Å²) in [6.45, 7) is 4.32. The van der Waals surface area contributed by atoms with Crippen LogP contribution in [0.25, 0.3) is 11.0 Å². The number of H-pyrrole nitrogens is 1. The standard InChI is InChI=1S/C18H26N4O/c1-11(2)9-16(22-18(23)12-7-8-13(19)10-12)17-20-14-5-3-4-6-15(14)21-17/h3-6,11-13,16H,7-10,19H2,1-2H3,(H,20,21)(H,22,23). The Morgan fingerprint density at radius 1 is 1.39 bits per heavy atom. The summed E-state index contributed by atoms with van der Waals surface area (Å²) < 4.78 is 0. The van der Waals surface area contributed by atoms with E-state index in [-0.39, 0.29) is 23.9 Å². The number of benzene rings is 1. The van der Waals surface area contributed by atoms with E-state index in [0.717, 1.165) is 42.5 Å². The quantitative estimate of drug-likeness (QED) is 0.793. The molecule has 0 saturated heterocycles. The van der Waals surface area contributed by atoms with E-state index in [4.69, 9.17) is 5.73 Å². The highest BCUT2D eigenvalue weighted by atomic mass is 16.2. The first-order chi connectivity index (χ1) is 11.0. The van der Waals surface area contributed by atoms with Gasteiger partial charge in [0.1, 0.15) is 5.82 Å². The average molecular weight is 314 g/mol. The first-order valence-corrected chi connectivity index (χ1v) is 8.53. The Bertz CT molecular complexity index is 645. The number of fused-ring (bicyclic) bond motifs is 1. The fourth-order valence-electron chi connectivity index (χ4n) is 3.39. The highest BCUT2D eigenvalue weighted by molar-refractivity contribution is 5.80. The van der Waals surface area contributed by atoms with Crippen molar-refractivity contribution in [2.75, 3.05) is 0 Å². The van der Waals surface area contributed by atoms with Crippen LogP contribution in [0.4, 0.5) is 0 Å². The van der Waals surface area contributed by atoms with Gasteiger partial charge in [0.25, 0.3) is 0 Å². The van der Waals surface area contributed by atoms with Crippen molar-refractivity contribution in [2.24, 2.45) is 17.6 Å². The highest BCUT2D eigenvalue weighted by Crippen LogP contribution is 2.27. The zero-order valence-electron chi connectivity index (χ0n) is 13.9. The largest absolute Gasteiger partial charge is 0.346 e. The number of carbonyl (C=O) groups excluding carboxylic acids is 1. The summed E-state index contributed by atoms with van der Waals surface area (Å²) in [4.78, 5) is 20.6. The molecule has 1 fully saturated rings. The lowest BCUT2D eigenvalue weighted by Crippen LogP contribution is -2.35. The summed E-state index contributed by atoms with van der Waals surface area (Å²) in [5.74, 6) is 1.47. The van der Waals surface area contributed by atoms with Crippen molar-refractivity contribution < 1.29 is 4.79 Å². The second-order valence-electron chi connectivity index (χ2n) is 7.10. The SMILES string of the molecule is CC(C)CC(NC(=O)C1CCC(N)C1)c1nc2ccccc2[nH]1. The van der Waals surface area contributed by atoms with E-state index in [1.54, 1.807) is 0 Å². The molecule has 0 radical (unpaired) electrons. The van der Waals surface area contributed by atoms with Gasteiger partial charge in [-0.2, -0.15) is 0 Å². The van der Waals surface area contributed by atoms with Crippen LogP contribution in [0.2, 0.25) is 0 Å². The summed E-state index contributed by atoms with van der Waals surface area (Å²) in [5, 5.41) is 3.20. The smallest absolute Gasteiger partial charge is 0.223 e. The maximum atomic E-state index is 12.6. The second kappa shape index (κ2) is 6.71. The van der Waals surface area contributed by atoms with Crippen molar-refractivity contribution in [1.82, 2.24) is 15.3 Å². The minimum Gasteiger partial charge on any atom is -0.346 e. The minimum absolute atomic E-state index is 0.0454. The van der Waals surface area contributed by atoms with E-state index in [2.05, 4.69) is 29.1 Å². The normalized spacial score (nSPS) is 22.6. The summed E-state index contributed by atoms with van der Waals surface area (Å²) in [6, 6.07) is 8.05. The van der Waals surface area contributed by atoms with Crippen LogP contribution in [0.1, 0.15) is 51.4 Å². The Kier molecular flexibility index (Phi) is 4.66. The van der Waals surface area contributed by atoms with Gasteiger partial charge in [-0.3, -0.25) is 4.79 Å². The lowest BCUT2D eigenvalue weighted by atomic mass is 10.0. The van der Waals surface area contributed by atoms with Crippen LogP contribution < -0.4 is 11.1 Å². The third-order valence-electron chi connectivity index (χ3n) is 4.61. The maximum Gasteiger partial charge on any atom is 0.223 e. The molecular weight excluding hydrogens is 288 g/mol. The molecule has 0 spiro atoms. The summed E-state index contributed by atoms with van der Waals surface area (Å²) in [6.07, 6.45) is 3.49. The number of nitrogens with two attached hydrogens (primary N) is 1. The monoisotopic (exact) mass is 314 g/mol. The average Bonchev–Trinajstić information content (AvgIpc) is 3.11. The number of imidazole rings is 1. The topological polar surface area (TPSA) is 83.8 Å². The van der Waals surface area contributed by atoms with Crippen LogP contribution in [0.3, 0.4) is 0 Å². The number of aromatic nitrogens is 2. The molecule has 0 aliphatic heterocycles. The van der Waals surface area contributed by atoms with Crippen molar-refractivity contribution in [3.63, 3.8) is 0 Å². The molecule has 1 amide bonds. The van der Waals surface area contributed by atoms with E-state index in [1.165, 1.54) is 0 Å². The van der Waals surface area contributed by atoms with Crippen LogP contribution in [0.15, 0.2) is 24.3 Å². The molecule has 1 aliphatic rings. The molecule has 124 valence electrons. The molecule has 5 nitrogen and oxygen atoms in total. The summed E-state index contributed by atoms with van der Waals surface area (Å²) in [7, 11) is 0. The molecule has 2 aromatic rings. The van der Waals surface area contributed by atoms with Gasteiger partial charge in [-0.1, -0.05) is 26.0 Å². The highest BCUT2D eigenvalue weighted by Gasteiger charge is 2.30. The zero-order chi connectivity index (χ0) is 16.4. The lowest BCUT2D eigenvalue weighted by molar-refractivity contribution is -0.125. The molecule has 3 rings (SSSR count). The summed E-state index contributed by atoms with van der Waals surface area (Å²) >= 11 is 0. The van der Waals surface area contributed by atoms with Crippen molar-refractivity contribution >= 4 is 16.9 Å². The second-order valence-corrected chi connectivity index (χ2v) is 7.10.